The molecule has 0 atom stereocenters. The third-order valence-electron chi connectivity index (χ3n) is 3.69. The van der Waals surface area contributed by atoms with E-state index < -0.39 is 10.0 Å². The average Bonchev–Trinajstić information content (AvgIpc) is 3.02. The minimum Gasteiger partial charge on any atom is -0.336 e. The van der Waals surface area contributed by atoms with Crippen molar-refractivity contribution >= 4 is 43.2 Å². The fourth-order valence-corrected chi connectivity index (χ4v) is 6.04. The molecule has 0 N–H and O–H groups in total. The molecule has 1 aromatic heterocycles. The van der Waals surface area contributed by atoms with Crippen molar-refractivity contribution in [2.45, 2.75) is 4.21 Å². The summed E-state index contributed by atoms with van der Waals surface area (Å²) < 4.78 is 27.7. The SMILES string of the molecule is O=C(c1ccccc1)N1CCN(S(=O)(=O)c2ccc(Br)s2)CC1. The highest BCUT2D eigenvalue weighted by Crippen LogP contribution is 2.29. The molecule has 0 unspecified atom stereocenters. The lowest BCUT2D eigenvalue weighted by molar-refractivity contribution is 0.0698. The smallest absolute Gasteiger partial charge is 0.253 e. The van der Waals surface area contributed by atoms with Crippen molar-refractivity contribution < 1.29 is 13.2 Å². The number of benzene rings is 1. The van der Waals surface area contributed by atoms with Crippen molar-refractivity contribution in [3.63, 3.8) is 0 Å². The Bertz CT molecular complexity index is 797. The van der Waals surface area contributed by atoms with E-state index in [0.717, 1.165) is 3.79 Å². The number of nitrogens with zero attached hydrogens (tertiary/aromatic N) is 2. The fourth-order valence-electron chi connectivity index (χ4n) is 2.46. The molecule has 5 nitrogen and oxygen atoms in total. The molecule has 0 aliphatic carbocycles. The van der Waals surface area contributed by atoms with Gasteiger partial charge in [-0.25, -0.2) is 8.42 Å². The Labute approximate surface area is 147 Å². The number of carbonyl (C=O) groups excluding carboxylic acids is 1. The van der Waals surface area contributed by atoms with Gasteiger partial charge in [0.2, 0.25) is 0 Å². The van der Waals surface area contributed by atoms with Crippen LogP contribution in [0.1, 0.15) is 10.4 Å². The van der Waals surface area contributed by atoms with E-state index in [1.807, 2.05) is 18.2 Å². The molecule has 1 aliphatic rings. The lowest BCUT2D eigenvalue weighted by atomic mass is 10.2. The predicted molar refractivity (Wildman–Crippen MR) is 93.1 cm³/mol. The van der Waals surface area contributed by atoms with Gasteiger partial charge >= 0.3 is 0 Å². The molecular weight excluding hydrogens is 400 g/mol. The molecule has 0 saturated carbocycles. The summed E-state index contributed by atoms with van der Waals surface area (Å²) in [7, 11) is -3.47. The quantitative estimate of drug-likeness (QED) is 0.775. The second kappa shape index (κ2) is 6.72. The number of halogens is 1. The molecule has 23 heavy (non-hydrogen) atoms. The molecule has 0 radical (unpaired) electrons. The van der Waals surface area contributed by atoms with Crippen molar-refractivity contribution in [2.24, 2.45) is 0 Å². The van der Waals surface area contributed by atoms with Crippen LogP contribution in [0.3, 0.4) is 0 Å². The number of rotatable bonds is 3. The molecule has 8 heteroatoms. The van der Waals surface area contributed by atoms with Gasteiger partial charge in [0.15, 0.2) is 0 Å². The van der Waals surface area contributed by atoms with Gasteiger partial charge in [0.1, 0.15) is 4.21 Å². The molecule has 1 aliphatic heterocycles. The van der Waals surface area contributed by atoms with Gasteiger partial charge in [-0.3, -0.25) is 4.79 Å². The number of hydrogen-bond donors (Lipinski definition) is 0. The number of thiophene rings is 1. The Balaban J connectivity index is 1.68. The maximum absolute atomic E-state index is 12.6. The number of sulfonamides is 1. The van der Waals surface area contributed by atoms with Crippen molar-refractivity contribution in [3.05, 3.63) is 51.8 Å². The number of carbonyl (C=O) groups is 1. The van der Waals surface area contributed by atoms with Gasteiger partial charge in [0.05, 0.1) is 3.79 Å². The van der Waals surface area contributed by atoms with Gasteiger partial charge in [0, 0.05) is 31.7 Å². The third-order valence-corrected chi connectivity index (χ3v) is 7.68. The average molecular weight is 415 g/mol. The molecule has 2 heterocycles. The van der Waals surface area contributed by atoms with Crippen LogP contribution in [-0.4, -0.2) is 49.7 Å². The maximum atomic E-state index is 12.6. The van der Waals surface area contributed by atoms with Crippen LogP contribution in [0.25, 0.3) is 0 Å². The summed E-state index contributed by atoms with van der Waals surface area (Å²) >= 11 is 4.48. The van der Waals surface area contributed by atoms with E-state index in [-0.39, 0.29) is 5.91 Å². The number of amides is 1. The third kappa shape index (κ3) is 3.50. The van der Waals surface area contributed by atoms with E-state index >= 15 is 0 Å². The zero-order valence-electron chi connectivity index (χ0n) is 12.2. The van der Waals surface area contributed by atoms with Crippen molar-refractivity contribution in [2.75, 3.05) is 26.2 Å². The number of piperazine rings is 1. The lowest BCUT2D eigenvalue weighted by Gasteiger charge is -2.33. The molecule has 1 fully saturated rings. The summed E-state index contributed by atoms with van der Waals surface area (Å²) in [5.74, 6) is -0.0542. The highest BCUT2D eigenvalue weighted by molar-refractivity contribution is 9.11. The van der Waals surface area contributed by atoms with Crippen LogP contribution in [0.4, 0.5) is 0 Å². The molecular formula is C15H15BrN2O3S2. The van der Waals surface area contributed by atoms with Crippen molar-refractivity contribution in [1.29, 1.82) is 0 Å². The highest BCUT2D eigenvalue weighted by Gasteiger charge is 2.31. The highest BCUT2D eigenvalue weighted by atomic mass is 79.9. The van der Waals surface area contributed by atoms with Gasteiger partial charge in [-0.15, -0.1) is 11.3 Å². The molecule has 2 aromatic rings. The lowest BCUT2D eigenvalue weighted by Crippen LogP contribution is -2.50. The first-order chi connectivity index (χ1) is 11.0. The Morgan fingerprint density at radius 3 is 2.22 bits per heavy atom. The summed E-state index contributed by atoms with van der Waals surface area (Å²) in [6.07, 6.45) is 0. The Morgan fingerprint density at radius 1 is 1.00 bits per heavy atom. The largest absolute Gasteiger partial charge is 0.336 e. The molecule has 1 amide bonds. The van der Waals surface area contributed by atoms with E-state index in [1.165, 1.54) is 15.6 Å². The summed E-state index contributed by atoms with van der Waals surface area (Å²) in [6.45, 7) is 1.44. The van der Waals surface area contributed by atoms with Crippen LogP contribution in [-0.2, 0) is 10.0 Å². The summed E-state index contributed by atoms with van der Waals surface area (Å²) in [4.78, 5) is 14.1. The van der Waals surface area contributed by atoms with Crippen LogP contribution in [0.2, 0.25) is 0 Å². The normalized spacial score (nSPS) is 16.5. The first-order valence-electron chi connectivity index (χ1n) is 7.08. The van der Waals surface area contributed by atoms with Gasteiger partial charge < -0.3 is 4.90 Å². The second-order valence-corrected chi connectivity index (χ2v) is 9.75. The first kappa shape index (κ1) is 16.6. The predicted octanol–water partition coefficient (Wildman–Crippen LogP) is 2.66. The van der Waals surface area contributed by atoms with Crippen molar-refractivity contribution in [1.82, 2.24) is 9.21 Å². The van der Waals surface area contributed by atoms with Gasteiger partial charge in [-0.2, -0.15) is 4.31 Å². The van der Waals surface area contributed by atoms with Crippen LogP contribution in [0.5, 0.6) is 0 Å². The van der Waals surface area contributed by atoms with Gasteiger partial charge in [-0.05, 0) is 40.2 Å². The first-order valence-corrected chi connectivity index (χ1v) is 10.1. The van der Waals surface area contributed by atoms with Crippen LogP contribution in [0, 0.1) is 0 Å². The second-order valence-electron chi connectivity index (χ2n) is 5.12. The standard InChI is InChI=1S/C15H15BrN2O3S2/c16-13-6-7-14(22-13)23(20,21)18-10-8-17(9-11-18)15(19)12-4-2-1-3-5-12/h1-7H,8-11H2. The maximum Gasteiger partial charge on any atom is 0.253 e. The van der Waals surface area contributed by atoms with E-state index in [9.17, 15) is 13.2 Å². The minimum absolute atomic E-state index is 0.0542. The Kier molecular flexibility index (Phi) is 4.86. The zero-order valence-corrected chi connectivity index (χ0v) is 15.4. The van der Waals surface area contributed by atoms with Gasteiger partial charge in [-0.1, -0.05) is 18.2 Å². The summed E-state index contributed by atoms with van der Waals surface area (Å²) in [5, 5.41) is 0. The van der Waals surface area contributed by atoms with Crippen LogP contribution < -0.4 is 0 Å². The molecule has 122 valence electrons. The molecule has 0 spiro atoms. The minimum atomic E-state index is -3.47. The van der Waals surface area contributed by atoms with Gasteiger partial charge in [0.25, 0.3) is 15.9 Å². The number of hydrogen-bond acceptors (Lipinski definition) is 4. The van der Waals surface area contributed by atoms with E-state index in [0.29, 0.717) is 36.0 Å². The molecule has 0 bridgehead atoms. The molecule has 1 aromatic carbocycles. The summed E-state index contributed by atoms with van der Waals surface area (Å²) in [5.41, 5.74) is 0.631. The molecule has 3 rings (SSSR count). The van der Waals surface area contributed by atoms with E-state index in [1.54, 1.807) is 29.2 Å². The zero-order chi connectivity index (χ0) is 16.4. The fraction of sp³-hybridized carbons (Fsp3) is 0.267. The topological polar surface area (TPSA) is 57.7 Å². The van der Waals surface area contributed by atoms with E-state index in [2.05, 4.69) is 15.9 Å². The Morgan fingerprint density at radius 2 is 1.65 bits per heavy atom. The summed E-state index contributed by atoms with van der Waals surface area (Å²) in [6, 6.07) is 12.4. The van der Waals surface area contributed by atoms with Crippen LogP contribution >= 0.6 is 27.3 Å². The Hall–Kier alpha value is -1.22. The van der Waals surface area contributed by atoms with Crippen LogP contribution in [0.15, 0.2) is 50.5 Å². The molecule has 1 saturated heterocycles. The monoisotopic (exact) mass is 414 g/mol. The van der Waals surface area contributed by atoms with Crippen molar-refractivity contribution in [3.8, 4) is 0 Å². The van der Waals surface area contributed by atoms with E-state index in [4.69, 9.17) is 0 Å².